The number of aromatic nitrogens is 4. The van der Waals surface area contributed by atoms with Crippen LogP contribution in [-0.2, 0) is 11.8 Å². The molecule has 1 atom stereocenters. The molecule has 1 aliphatic heterocycles. The first-order valence-electron chi connectivity index (χ1n) is 12.2. The van der Waals surface area contributed by atoms with Crippen LogP contribution < -0.4 is 19.7 Å². The highest BCUT2D eigenvalue weighted by Crippen LogP contribution is 2.34. The Morgan fingerprint density at radius 2 is 1.86 bits per heavy atom. The molecule has 0 bridgehead atoms. The van der Waals surface area contributed by atoms with Gasteiger partial charge in [-0.3, -0.25) is 9.67 Å². The summed E-state index contributed by atoms with van der Waals surface area (Å²) in [5, 5.41) is 7.82. The second kappa shape index (κ2) is 12.2. The molecule has 9 nitrogen and oxygen atoms in total. The van der Waals surface area contributed by atoms with E-state index in [4.69, 9.17) is 19.2 Å². The maximum absolute atomic E-state index is 5.76. The standard InChI is InChI=1S/C27H32N6O3.ClH/c1-32-18-19(15-30-32)27-17-29-25-7-6-20(13-26(25)31-27)33(9-8-28-16-22-5-4-10-36-22)21-11-23(34-2)14-24(12-21)35-3;/h6-7,11-15,17-18,22,28H,4-5,8-10,16H2,1-3H3;1H. The minimum Gasteiger partial charge on any atom is -0.497 e. The summed E-state index contributed by atoms with van der Waals surface area (Å²) in [6, 6.07) is 12.1. The van der Waals surface area contributed by atoms with E-state index in [1.54, 1.807) is 31.3 Å². The van der Waals surface area contributed by atoms with Gasteiger partial charge in [0, 0.05) is 74.6 Å². The SMILES string of the molecule is COc1cc(OC)cc(N(CCNCC2CCCO2)c2ccc3ncc(-c4cnn(C)c4)nc3c2)c1.Cl. The molecule has 5 rings (SSSR count). The first-order chi connectivity index (χ1) is 17.6. The molecule has 4 aromatic rings. The number of nitrogens with one attached hydrogen (secondary N) is 1. The summed E-state index contributed by atoms with van der Waals surface area (Å²) in [5.41, 5.74) is 5.37. The smallest absolute Gasteiger partial charge is 0.124 e. The van der Waals surface area contributed by atoms with Gasteiger partial charge in [-0.2, -0.15) is 5.10 Å². The van der Waals surface area contributed by atoms with Gasteiger partial charge in [-0.15, -0.1) is 12.4 Å². The van der Waals surface area contributed by atoms with E-state index in [0.717, 1.165) is 84.2 Å². The first kappa shape index (κ1) is 26.7. The highest BCUT2D eigenvalue weighted by Gasteiger charge is 2.17. The van der Waals surface area contributed by atoms with Crippen LogP contribution in [0.1, 0.15) is 12.8 Å². The molecule has 1 saturated heterocycles. The van der Waals surface area contributed by atoms with Crippen molar-refractivity contribution in [2.45, 2.75) is 18.9 Å². The zero-order valence-electron chi connectivity index (χ0n) is 21.4. The molecule has 0 spiro atoms. The number of ether oxygens (including phenoxy) is 3. The Bertz CT molecular complexity index is 1300. The largest absolute Gasteiger partial charge is 0.497 e. The molecule has 1 fully saturated rings. The van der Waals surface area contributed by atoms with Gasteiger partial charge in [-0.25, -0.2) is 4.98 Å². The second-order valence-electron chi connectivity index (χ2n) is 8.89. The van der Waals surface area contributed by atoms with Crippen molar-refractivity contribution in [2.75, 3.05) is 45.4 Å². The summed E-state index contributed by atoms with van der Waals surface area (Å²) < 4.78 is 18.6. The van der Waals surface area contributed by atoms with Crippen LogP contribution in [0.25, 0.3) is 22.3 Å². The van der Waals surface area contributed by atoms with Crippen LogP contribution in [0.4, 0.5) is 11.4 Å². The molecule has 196 valence electrons. The third-order valence-corrected chi connectivity index (χ3v) is 6.39. The van der Waals surface area contributed by atoms with Gasteiger partial charge in [0.05, 0.1) is 49.4 Å². The molecular weight excluding hydrogens is 492 g/mol. The molecule has 1 unspecified atom stereocenters. The number of aryl methyl sites for hydroxylation is 1. The molecule has 10 heteroatoms. The number of hydrogen-bond donors (Lipinski definition) is 1. The Labute approximate surface area is 223 Å². The van der Waals surface area contributed by atoms with E-state index in [0.29, 0.717) is 6.10 Å². The van der Waals surface area contributed by atoms with Crippen molar-refractivity contribution in [2.24, 2.45) is 7.05 Å². The van der Waals surface area contributed by atoms with Crippen LogP contribution in [0.5, 0.6) is 11.5 Å². The van der Waals surface area contributed by atoms with Crippen LogP contribution in [-0.4, -0.2) is 66.3 Å². The van der Waals surface area contributed by atoms with Gasteiger partial charge in [-0.1, -0.05) is 0 Å². The van der Waals surface area contributed by atoms with Gasteiger partial charge >= 0.3 is 0 Å². The molecule has 2 aromatic heterocycles. The minimum absolute atomic E-state index is 0. The van der Waals surface area contributed by atoms with Crippen molar-refractivity contribution in [3.63, 3.8) is 0 Å². The molecule has 1 aliphatic rings. The van der Waals surface area contributed by atoms with Crippen molar-refractivity contribution < 1.29 is 14.2 Å². The Morgan fingerprint density at radius 1 is 1.05 bits per heavy atom. The maximum Gasteiger partial charge on any atom is 0.124 e. The van der Waals surface area contributed by atoms with Crippen molar-refractivity contribution in [3.8, 4) is 22.8 Å². The quantitative estimate of drug-likeness (QED) is 0.306. The monoisotopic (exact) mass is 524 g/mol. The molecular formula is C27H33ClN6O3. The topological polar surface area (TPSA) is 86.6 Å². The predicted molar refractivity (Wildman–Crippen MR) is 147 cm³/mol. The average Bonchev–Trinajstić information content (AvgIpc) is 3.59. The van der Waals surface area contributed by atoms with E-state index in [1.165, 1.54) is 0 Å². The Morgan fingerprint density at radius 3 is 2.54 bits per heavy atom. The van der Waals surface area contributed by atoms with Crippen molar-refractivity contribution in [3.05, 3.63) is 55.0 Å². The summed E-state index contributed by atoms with van der Waals surface area (Å²) >= 11 is 0. The highest BCUT2D eigenvalue weighted by molar-refractivity contribution is 5.85. The number of hydrogen-bond acceptors (Lipinski definition) is 8. The zero-order valence-corrected chi connectivity index (χ0v) is 22.2. The lowest BCUT2D eigenvalue weighted by Gasteiger charge is -2.26. The molecule has 1 N–H and O–H groups in total. The van der Waals surface area contributed by atoms with E-state index >= 15 is 0 Å². The molecule has 0 radical (unpaired) electrons. The fourth-order valence-electron chi connectivity index (χ4n) is 4.48. The van der Waals surface area contributed by atoms with Gasteiger partial charge in [0.25, 0.3) is 0 Å². The van der Waals surface area contributed by atoms with Gasteiger partial charge in [0.1, 0.15) is 11.5 Å². The Balaban J connectivity index is 0.00000320. The zero-order chi connectivity index (χ0) is 24.9. The average molecular weight is 525 g/mol. The molecule has 0 aliphatic carbocycles. The summed E-state index contributed by atoms with van der Waals surface area (Å²) in [6.45, 7) is 3.25. The van der Waals surface area contributed by atoms with Crippen molar-refractivity contribution in [1.29, 1.82) is 0 Å². The fraction of sp³-hybridized carbons (Fsp3) is 0.370. The summed E-state index contributed by atoms with van der Waals surface area (Å²) in [6.07, 6.45) is 8.09. The number of halogens is 1. The first-order valence-corrected chi connectivity index (χ1v) is 12.2. The van der Waals surface area contributed by atoms with E-state index in [-0.39, 0.29) is 12.4 Å². The summed E-state index contributed by atoms with van der Waals surface area (Å²) in [4.78, 5) is 11.8. The second-order valence-corrected chi connectivity index (χ2v) is 8.89. The van der Waals surface area contributed by atoms with E-state index in [9.17, 15) is 0 Å². The number of rotatable bonds is 10. The highest BCUT2D eigenvalue weighted by atomic mass is 35.5. The molecule has 0 saturated carbocycles. The summed E-state index contributed by atoms with van der Waals surface area (Å²) in [7, 11) is 5.22. The van der Waals surface area contributed by atoms with Crippen molar-refractivity contribution >= 4 is 34.8 Å². The minimum atomic E-state index is 0. The third kappa shape index (κ3) is 6.30. The van der Waals surface area contributed by atoms with Crippen LogP contribution in [0, 0.1) is 0 Å². The number of anilines is 2. The van der Waals surface area contributed by atoms with Crippen LogP contribution in [0.3, 0.4) is 0 Å². The fourth-order valence-corrected chi connectivity index (χ4v) is 4.48. The molecule has 3 heterocycles. The lowest BCUT2D eigenvalue weighted by molar-refractivity contribution is 0.110. The maximum atomic E-state index is 5.76. The summed E-state index contributed by atoms with van der Waals surface area (Å²) in [5.74, 6) is 1.47. The van der Waals surface area contributed by atoms with Crippen LogP contribution in [0.15, 0.2) is 55.0 Å². The lowest BCUT2D eigenvalue weighted by atomic mass is 10.2. The Hall–Kier alpha value is -3.40. The number of methoxy groups -OCH3 is 2. The molecule has 0 amide bonds. The van der Waals surface area contributed by atoms with Gasteiger partial charge in [-0.05, 0) is 31.0 Å². The normalized spacial score (nSPS) is 14.9. The molecule has 37 heavy (non-hydrogen) atoms. The van der Waals surface area contributed by atoms with Gasteiger partial charge in [0.2, 0.25) is 0 Å². The van der Waals surface area contributed by atoms with E-state index < -0.39 is 0 Å². The van der Waals surface area contributed by atoms with Crippen LogP contribution >= 0.6 is 12.4 Å². The van der Waals surface area contributed by atoms with E-state index in [1.807, 2.05) is 37.5 Å². The number of nitrogens with zero attached hydrogens (tertiary/aromatic N) is 5. The van der Waals surface area contributed by atoms with Crippen molar-refractivity contribution in [1.82, 2.24) is 25.1 Å². The predicted octanol–water partition coefficient (Wildman–Crippen LogP) is 4.38. The van der Waals surface area contributed by atoms with Gasteiger partial charge in [0.15, 0.2) is 0 Å². The number of benzene rings is 2. The van der Waals surface area contributed by atoms with Crippen LogP contribution in [0.2, 0.25) is 0 Å². The molecule has 2 aromatic carbocycles. The lowest BCUT2D eigenvalue weighted by Crippen LogP contribution is -2.33. The Kier molecular flexibility index (Phi) is 8.81. The van der Waals surface area contributed by atoms with E-state index in [2.05, 4.69) is 32.4 Å². The number of fused-ring (bicyclic) bond motifs is 1. The van der Waals surface area contributed by atoms with Gasteiger partial charge < -0.3 is 24.4 Å². The third-order valence-electron chi connectivity index (χ3n) is 6.39.